The van der Waals surface area contributed by atoms with Gasteiger partial charge in [-0.15, -0.1) is 0 Å². The van der Waals surface area contributed by atoms with Crippen molar-refractivity contribution in [1.82, 2.24) is 0 Å². The number of hydrogen-bond donors (Lipinski definition) is 1. The molecule has 0 aliphatic carbocycles. The summed E-state index contributed by atoms with van der Waals surface area (Å²) < 4.78 is 11.8. The fourth-order valence-corrected chi connectivity index (χ4v) is 3.42. The molecule has 0 aliphatic rings. The van der Waals surface area contributed by atoms with Crippen LogP contribution in [-0.4, -0.2) is 57.6 Å². The number of likely N-dealkylation sites (N-methyl/N-ethyl adjacent to an activating group) is 1. The van der Waals surface area contributed by atoms with Crippen molar-refractivity contribution in [3.63, 3.8) is 0 Å². The SMILES string of the molecule is CCCCCCCCCCCC[N+](C)(C)CCOCCOC(=O)Nc1ccccc1.[Cl-]. The van der Waals surface area contributed by atoms with Crippen LogP contribution in [0.25, 0.3) is 0 Å². The Balaban J connectivity index is 0.00000900. The van der Waals surface area contributed by atoms with Crippen LogP contribution in [0.2, 0.25) is 0 Å². The highest BCUT2D eigenvalue weighted by molar-refractivity contribution is 5.84. The minimum absolute atomic E-state index is 0. The number of amides is 1. The molecule has 180 valence electrons. The molecular formula is C25H45ClN2O3. The number of unbranched alkanes of at least 4 members (excludes halogenated alkanes) is 9. The van der Waals surface area contributed by atoms with Gasteiger partial charge in [0.25, 0.3) is 0 Å². The fourth-order valence-electron chi connectivity index (χ4n) is 3.42. The van der Waals surface area contributed by atoms with E-state index in [0.29, 0.717) is 13.2 Å². The van der Waals surface area contributed by atoms with Crippen LogP contribution >= 0.6 is 0 Å². The van der Waals surface area contributed by atoms with Crippen LogP contribution in [0.3, 0.4) is 0 Å². The summed E-state index contributed by atoms with van der Waals surface area (Å²) in [5, 5.41) is 2.69. The summed E-state index contributed by atoms with van der Waals surface area (Å²) in [6.45, 7) is 5.83. The van der Waals surface area contributed by atoms with Crippen molar-refractivity contribution < 1.29 is 31.2 Å². The van der Waals surface area contributed by atoms with Gasteiger partial charge in [-0.2, -0.15) is 0 Å². The highest BCUT2D eigenvalue weighted by Crippen LogP contribution is 2.11. The van der Waals surface area contributed by atoms with Crippen LogP contribution in [-0.2, 0) is 9.47 Å². The number of rotatable bonds is 18. The standard InChI is InChI=1S/C25H44N2O3.ClH/c1-4-5-6-7-8-9-10-11-12-16-19-27(2,3)20-21-29-22-23-30-25(28)26-24-17-14-13-15-18-24;/h13-15,17-18H,4-12,16,19-23H2,1-3H3;1H. The summed E-state index contributed by atoms with van der Waals surface area (Å²) in [4.78, 5) is 11.7. The van der Waals surface area contributed by atoms with Gasteiger partial charge < -0.3 is 26.4 Å². The number of para-hydroxylation sites is 1. The lowest BCUT2D eigenvalue weighted by molar-refractivity contribution is -0.891. The molecule has 0 unspecified atom stereocenters. The number of quaternary nitrogens is 1. The third-order valence-corrected chi connectivity index (χ3v) is 5.44. The van der Waals surface area contributed by atoms with Crippen molar-refractivity contribution >= 4 is 11.8 Å². The maximum Gasteiger partial charge on any atom is 0.411 e. The van der Waals surface area contributed by atoms with Gasteiger partial charge in [0.15, 0.2) is 0 Å². The normalized spacial score (nSPS) is 11.1. The summed E-state index contributed by atoms with van der Waals surface area (Å²) in [6.07, 6.45) is 13.3. The predicted molar refractivity (Wildman–Crippen MR) is 126 cm³/mol. The first kappa shape index (κ1) is 29.7. The molecule has 0 saturated carbocycles. The van der Waals surface area contributed by atoms with E-state index in [1.807, 2.05) is 30.3 Å². The Hall–Kier alpha value is -1.30. The Kier molecular flexibility index (Phi) is 18.6. The minimum Gasteiger partial charge on any atom is -1.00 e. The van der Waals surface area contributed by atoms with Gasteiger partial charge in [0.05, 0.1) is 33.9 Å². The molecule has 0 atom stereocenters. The zero-order chi connectivity index (χ0) is 21.9. The first-order chi connectivity index (χ1) is 14.5. The minimum atomic E-state index is -0.443. The van der Waals surface area contributed by atoms with E-state index in [9.17, 15) is 4.79 Å². The lowest BCUT2D eigenvalue weighted by atomic mass is 10.1. The molecular weight excluding hydrogens is 412 g/mol. The topological polar surface area (TPSA) is 47.6 Å². The quantitative estimate of drug-likeness (QED) is 0.272. The van der Waals surface area contributed by atoms with Gasteiger partial charge in [-0.1, -0.05) is 76.5 Å². The molecule has 1 aromatic rings. The van der Waals surface area contributed by atoms with Crippen molar-refractivity contribution in [2.45, 2.75) is 71.1 Å². The Morgan fingerprint density at radius 1 is 0.806 bits per heavy atom. The molecule has 1 rings (SSSR count). The largest absolute Gasteiger partial charge is 1.00 e. The molecule has 5 nitrogen and oxygen atoms in total. The Morgan fingerprint density at radius 3 is 2.00 bits per heavy atom. The van der Waals surface area contributed by atoms with E-state index < -0.39 is 6.09 Å². The van der Waals surface area contributed by atoms with E-state index in [4.69, 9.17) is 9.47 Å². The van der Waals surface area contributed by atoms with Crippen molar-refractivity contribution in [1.29, 1.82) is 0 Å². The third kappa shape index (κ3) is 18.0. The van der Waals surface area contributed by atoms with E-state index >= 15 is 0 Å². The number of nitrogens with one attached hydrogen (secondary N) is 1. The molecule has 1 N–H and O–H groups in total. The number of anilines is 1. The fraction of sp³-hybridized carbons (Fsp3) is 0.720. The molecule has 1 amide bonds. The van der Waals surface area contributed by atoms with E-state index in [1.54, 1.807) is 0 Å². The second kappa shape index (κ2) is 19.4. The van der Waals surface area contributed by atoms with Crippen molar-refractivity contribution in [2.24, 2.45) is 0 Å². The van der Waals surface area contributed by atoms with Gasteiger partial charge in [-0.3, -0.25) is 5.32 Å². The smallest absolute Gasteiger partial charge is 0.411 e. The lowest BCUT2D eigenvalue weighted by Gasteiger charge is -2.29. The van der Waals surface area contributed by atoms with Gasteiger partial charge in [0, 0.05) is 5.69 Å². The average Bonchev–Trinajstić information content (AvgIpc) is 2.72. The average molecular weight is 457 g/mol. The number of halogens is 1. The molecule has 0 saturated heterocycles. The number of carbonyl (C=O) groups excluding carboxylic acids is 1. The Bertz CT molecular complexity index is 541. The number of benzene rings is 1. The first-order valence-corrected chi connectivity index (χ1v) is 11.9. The maximum atomic E-state index is 11.7. The molecule has 1 aromatic carbocycles. The number of carbonyl (C=O) groups is 1. The lowest BCUT2D eigenvalue weighted by Crippen LogP contribution is -3.00. The summed E-state index contributed by atoms with van der Waals surface area (Å²) in [7, 11) is 4.53. The number of nitrogens with zero attached hydrogens (tertiary/aromatic N) is 1. The van der Waals surface area contributed by atoms with Crippen LogP contribution in [0.4, 0.5) is 10.5 Å². The van der Waals surface area contributed by atoms with Crippen LogP contribution in [0.15, 0.2) is 30.3 Å². The maximum absolute atomic E-state index is 11.7. The van der Waals surface area contributed by atoms with E-state index in [2.05, 4.69) is 26.3 Å². The Morgan fingerprint density at radius 2 is 1.39 bits per heavy atom. The molecule has 0 fully saturated rings. The predicted octanol–water partition coefficient (Wildman–Crippen LogP) is 3.25. The molecule has 0 aliphatic heterocycles. The molecule has 0 spiro atoms. The first-order valence-electron chi connectivity index (χ1n) is 11.9. The van der Waals surface area contributed by atoms with Gasteiger partial charge in [0.2, 0.25) is 0 Å². The van der Waals surface area contributed by atoms with E-state index in [1.165, 1.54) is 70.8 Å². The van der Waals surface area contributed by atoms with E-state index in [0.717, 1.165) is 16.7 Å². The molecule has 0 bridgehead atoms. The van der Waals surface area contributed by atoms with Crippen LogP contribution in [0.5, 0.6) is 0 Å². The summed E-state index contributed by atoms with van der Waals surface area (Å²) in [5.74, 6) is 0. The third-order valence-electron chi connectivity index (χ3n) is 5.44. The van der Waals surface area contributed by atoms with Gasteiger partial charge in [0.1, 0.15) is 13.2 Å². The van der Waals surface area contributed by atoms with Crippen LogP contribution < -0.4 is 17.7 Å². The molecule has 6 heteroatoms. The molecule has 0 radical (unpaired) electrons. The Labute approximate surface area is 196 Å². The summed E-state index contributed by atoms with van der Waals surface area (Å²) >= 11 is 0. The van der Waals surface area contributed by atoms with Gasteiger partial charge >= 0.3 is 6.09 Å². The zero-order valence-corrected chi connectivity index (χ0v) is 20.8. The molecule has 0 aromatic heterocycles. The van der Waals surface area contributed by atoms with Crippen LogP contribution in [0, 0.1) is 0 Å². The van der Waals surface area contributed by atoms with Gasteiger partial charge in [-0.25, -0.2) is 4.79 Å². The van der Waals surface area contributed by atoms with Crippen molar-refractivity contribution in [2.75, 3.05) is 52.3 Å². The highest BCUT2D eigenvalue weighted by atomic mass is 35.5. The monoisotopic (exact) mass is 456 g/mol. The number of hydrogen-bond acceptors (Lipinski definition) is 3. The summed E-state index contributed by atoms with van der Waals surface area (Å²) in [5.41, 5.74) is 0.731. The number of ether oxygens (including phenoxy) is 2. The molecule has 31 heavy (non-hydrogen) atoms. The zero-order valence-electron chi connectivity index (χ0n) is 20.0. The van der Waals surface area contributed by atoms with Crippen molar-refractivity contribution in [3.8, 4) is 0 Å². The summed E-state index contributed by atoms with van der Waals surface area (Å²) in [6, 6.07) is 9.29. The molecule has 0 heterocycles. The van der Waals surface area contributed by atoms with Crippen LogP contribution in [0.1, 0.15) is 71.1 Å². The van der Waals surface area contributed by atoms with Gasteiger partial charge in [-0.05, 0) is 25.0 Å². The second-order valence-corrected chi connectivity index (χ2v) is 8.80. The van der Waals surface area contributed by atoms with E-state index in [-0.39, 0.29) is 19.0 Å². The second-order valence-electron chi connectivity index (χ2n) is 8.80. The highest BCUT2D eigenvalue weighted by Gasteiger charge is 2.14. The van der Waals surface area contributed by atoms with Crippen molar-refractivity contribution in [3.05, 3.63) is 30.3 Å².